The van der Waals surface area contributed by atoms with Crippen LogP contribution >= 0.6 is 0 Å². The minimum Gasteiger partial charge on any atom is -0.487 e. The Bertz CT molecular complexity index is 978. The van der Waals surface area contributed by atoms with E-state index in [9.17, 15) is 20.1 Å². The molecule has 39 heavy (non-hydrogen) atoms. The topological polar surface area (TPSA) is 87.0 Å². The van der Waals surface area contributed by atoms with Crippen LogP contribution in [0.15, 0.2) is 54.6 Å². The van der Waals surface area contributed by atoms with Crippen molar-refractivity contribution in [3.05, 3.63) is 54.6 Å². The van der Waals surface area contributed by atoms with Gasteiger partial charge < -0.3 is 20.1 Å². The van der Waals surface area contributed by atoms with Gasteiger partial charge in [0.15, 0.2) is 6.61 Å². The van der Waals surface area contributed by atoms with Crippen LogP contribution in [-0.4, -0.2) is 46.0 Å². The molecule has 0 heterocycles. The van der Waals surface area contributed by atoms with Crippen LogP contribution in [0, 0.1) is 40.9 Å². The lowest BCUT2D eigenvalue weighted by Crippen LogP contribution is -2.56. The predicted molar refractivity (Wildman–Crippen MR) is 149 cm³/mol. The summed E-state index contributed by atoms with van der Waals surface area (Å²) in [4.78, 5) is 13.6. The third kappa shape index (κ3) is 7.29. The lowest BCUT2D eigenvalue weighted by atomic mass is 9.49. The zero-order valence-electron chi connectivity index (χ0n) is 23.7. The summed E-state index contributed by atoms with van der Waals surface area (Å²) in [6.45, 7) is 7.24. The Labute approximate surface area is 232 Å². The lowest BCUT2D eigenvalue weighted by Gasteiger charge is -2.53. The van der Waals surface area contributed by atoms with E-state index in [1.807, 2.05) is 13.0 Å². The lowest BCUT2D eigenvalue weighted by molar-refractivity contribution is -0.174. The smallest absolute Gasteiger partial charge is 0.310 e. The molecular weight excluding hydrogens is 502 g/mol. The van der Waals surface area contributed by atoms with Gasteiger partial charge in [-0.3, -0.25) is 4.79 Å². The van der Waals surface area contributed by atoms with Crippen LogP contribution in [0.4, 0.5) is 8.78 Å². The average molecular weight is 549 g/mol. The van der Waals surface area contributed by atoms with Gasteiger partial charge in [0, 0.05) is 5.92 Å². The number of allylic oxidation sites excluding steroid dienone is 3. The van der Waals surface area contributed by atoms with E-state index < -0.39 is 48.0 Å². The number of aliphatic hydroxyl groups is 2. The highest BCUT2D eigenvalue weighted by molar-refractivity contribution is 5.77. The molecule has 8 atom stereocenters. The summed E-state index contributed by atoms with van der Waals surface area (Å²) in [5, 5.41) is 32.8. The number of aliphatic carboxylic acids is 1. The fraction of sp³-hybridized carbons (Fsp3) is 0.656. The van der Waals surface area contributed by atoms with Crippen LogP contribution in [0.1, 0.15) is 66.2 Å². The standard InChI is InChI=1S/C32H46F2O5/c1-5-6-10-23(15-16-31(33,34)20-39-25-11-8-7-9-12-25)32(30(37)38,28-18-24(35)19-29(28)36)27-17-22(4)13-14-26(27)21(2)3/h5-9,11-12,15-16,21-24,26-29,35-36H,10,13-14,17-20H2,1-4H3,(H,37,38). The van der Waals surface area contributed by atoms with E-state index in [4.69, 9.17) is 4.74 Å². The van der Waals surface area contributed by atoms with E-state index in [-0.39, 0.29) is 42.9 Å². The molecule has 8 unspecified atom stereocenters. The fourth-order valence-corrected chi connectivity index (χ4v) is 7.27. The molecule has 0 aromatic heterocycles. The molecule has 3 N–H and O–H groups in total. The molecule has 2 saturated carbocycles. The molecule has 7 heteroatoms. The minimum absolute atomic E-state index is 0.0608. The highest BCUT2D eigenvalue weighted by atomic mass is 19.3. The number of carbonyl (C=O) groups is 1. The number of hydrogen-bond acceptors (Lipinski definition) is 4. The first-order valence-electron chi connectivity index (χ1n) is 14.4. The van der Waals surface area contributed by atoms with Gasteiger partial charge >= 0.3 is 5.97 Å². The highest BCUT2D eigenvalue weighted by Gasteiger charge is 2.62. The van der Waals surface area contributed by atoms with Crippen LogP contribution in [-0.2, 0) is 4.79 Å². The predicted octanol–water partition coefficient (Wildman–Crippen LogP) is 6.75. The monoisotopic (exact) mass is 548 g/mol. The molecule has 0 amide bonds. The summed E-state index contributed by atoms with van der Waals surface area (Å²) in [7, 11) is 0. The van der Waals surface area contributed by atoms with Gasteiger partial charge in [0.05, 0.1) is 17.6 Å². The van der Waals surface area contributed by atoms with Crippen molar-refractivity contribution >= 4 is 5.97 Å². The van der Waals surface area contributed by atoms with Crippen molar-refractivity contribution in [2.24, 2.45) is 40.9 Å². The number of rotatable bonds is 12. The SMILES string of the molecule is CC=CCC(C=CC(F)(F)COc1ccccc1)C(C(=O)O)(C1CC(O)CC1O)C1CC(C)CCC1C(C)C. The zero-order chi connectivity index (χ0) is 28.8. The van der Waals surface area contributed by atoms with Crippen molar-refractivity contribution in [2.45, 2.75) is 84.4 Å². The second kappa shape index (κ2) is 13.4. The fourth-order valence-electron chi connectivity index (χ4n) is 7.27. The van der Waals surface area contributed by atoms with Gasteiger partial charge in [0.25, 0.3) is 5.92 Å². The molecule has 0 radical (unpaired) electrons. The van der Waals surface area contributed by atoms with Gasteiger partial charge in [-0.15, -0.1) is 0 Å². The van der Waals surface area contributed by atoms with Gasteiger partial charge in [-0.05, 0) is 86.8 Å². The first kappa shape index (κ1) is 31.3. The maximum Gasteiger partial charge on any atom is 0.310 e. The third-order valence-electron chi connectivity index (χ3n) is 9.11. The van der Waals surface area contributed by atoms with Crippen molar-refractivity contribution in [3.8, 4) is 5.75 Å². The number of ether oxygens (including phenoxy) is 1. The van der Waals surface area contributed by atoms with E-state index in [1.165, 1.54) is 6.08 Å². The zero-order valence-corrected chi connectivity index (χ0v) is 23.7. The van der Waals surface area contributed by atoms with Crippen LogP contribution in [0.3, 0.4) is 0 Å². The summed E-state index contributed by atoms with van der Waals surface area (Å²) in [5.74, 6) is -5.45. The Morgan fingerprint density at radius 1 is 1.10 bits per heavy atom. The van der Waals surface area contributed by atoms with Crippen molar-refractivity contribution < 1.29 is 33.6 Å². The Hall–Kier alpha value is -2.25. The maximum absolute atomic E-state index is 15.1. The normalized spacial score (nSPS) is 30.6. The van der Waals surface area contributed by atoms with E-state index >= 15 is 8.78 Å². The average Bonchev–Trinajstić information content (AvgIpc) is 3.22. The second-order valence-electron chi connectivity index (χ2n) is 12.1. The molecule has 2 fully saturated rings. The number of alkyl halides is 2. The largest absolute Gasteiger partial charge is 0.487 e. The number of carboxylic acid groups (broad SMARTS) is 1. The van der Waals surface area contributed by atoms with Gasteiger partial charge in [0.1, 0.15) is 5.75 Å². The van der Waals surface area contributed by atoms with Crippen molar-refractivity contribution in [1.29, 1.82) is 0 Å². The number of halogens is 2. The maximum atomic E-state index is 15.1. The number of benzene rings is 1. The molecule has 0 spiro atoms. The Kier molecular flexibility index (Phi) is 10.8. The number of hydrogen-bond donors (Lipinski definition) is 3. The van der Waals surface area contributed by atoms with Gasteiger partial charge in [-0.25, -0.2) is 0 Å². The molecule has 3 rings (SSSR count). The molecule has 1 aromatic carbocycles. The van der Waals surface area contributed by atoms with E-state index in [0.29, 0.717) is 12.2 Å². The third-order valence-corrected chi connectivity index (χ3v) is 9.11. The van der Waals surface area contributed by atoms with Gasteiger partial charge in [0.2, 0.25) is 0 Å². The highest BCUT2D eigenvalue weighted by Crippen LogP contribution is 2.59. The molecule has 1 aromatic rings. The van der Waals surface area contributed by atoms with E-state index in [0.717, 1.165) is 18.9 Å². The Balaban J connectivity index is 2.10. The van der Waals surface area contributed by atoms with Crippen molar-refractivity contribution in [3.63, 3.8) is 0 Å². The van der Waals surface area contributed by atoms with Crippen LogP contribution in [0.2, 0.25) is 0 Å². The summed E-state index contributed by atoms with van der Waals surface area (Å²) in [5.41, 5.74) is -1.52. The number of para-hydroxylation sites is 1. The summed E-state index contributed by atoms with van der Waals surface area (Å²) in [6.07, 6.45) is 6.86. The van der Waals surface area contributed by atoms with Crippen molar-refractivity contribution in [2.75, 3.05) is 6.61 Å². The van der Waals surface area contributed by atoms with Crippen LogP contribution in [0.5, 0.6) is 5.75 Å². The Morgan fingerprint density at radius 3 is 2.36 bits per heavy atom. The molecule has 0 aliphatic heterocycles. The van der Waals surface area contributed by atoms with Crippen molar-refractivity contribution in [1.82, 2.24) is 0 Å². The molecule has 5 nitrogen and oxygen atoms in total. The van der Waals surface area contributed by atoms with Crippen LogP contribution < -0.4 is 4.74 Å². The molecule has 2 aliphatic carbocycles. The molecule has 2 aliphatic rings. The molecular formula is C32H46F2O5. The molecule has 0 saturated heterocycles. The first-order valence-corrected chi connectivity index (χ1v) is 14.4. The minimum atomic E-state index is -3.33. The van der Waals surface area contributed by atoms with Crippen LogP contribution in [0.25, 0.3) is 0 Å². The summed E-state index contributed by atoms with van der Waals surface area (Å²) < 4.78 is 35.6. The molecule has 218 valence electrons. The quantitative estimate of drug-likeness (QED) is 0.252. The summed E-state index contributed by atoms with van der Waals surface area (Å²) in [6, 6.07) is 8.39. The van der Waals surface area contributed by atoms with Gasteiger partial charge in [-0.2, -0.15) is 8.78 Å². The number of carboxylic acids is 1. The second-order valence-corrected chi connectivity index (χ2v) is 12.1. The molecule has 0 bridgehead atoms. The van der Waals surface area contributed by atoms with E-state index in [2.05, 4.69) is 20.8 Å². The van der Waals surface area contributed by atoms with E-state index in [1.54, 1.807) is 36.4 Å². The Morgan fingerprint density at radius 2 is 1.79 bits per heavy atom. The summed E-state index contributed by atoms with van der Waals surface area (Å²) >= 11 is 0. The first-order chi connectivity index (χ1) is 18.4. The number of aliphatic hydroxyl groups excluding tert-OH is 2. The van der Waals surface area contributed by atoms with Gasteiger partial charge in [-0.1, -0.05) is 63.6 Å².